The van der Waals surface area contributed by atoms with Crippen molar-refractivity contribution >= 4 is 5.97 Å². The molecule has 0 bridgehead atoms. The van der Waals surface area contributed by atoms with Gasteiger partial charge >= 0.3 is 5.97 Å². The lowest BCUT2D eigenvalue weighted by Crippen LogP contribution is -2.25. The molecular weight excluding hydrogens is 248 g/mol. The van der Waals surface area contributed by atoms with Crippen molar-refractivity contribution in [2.45, 2.75) is 18.9 Å². The first-order chi connectivity index (χ1) is 9.27. The quantitative estimate of drug-likeness (QED) is 0.797. The molecule has 0 unspecified atom stereocenters. The smallest absolute Gasteiger partial charge is 0.339 e. The van der Waals surface area contributed by atoms with Crippen LogP contribution < -0.4 is 4.74 Å². The number of carboxylic acid groups (broad SMARTS) is 1. The first-order valence-electron chi connectivity index (χ1n) is 6.42. The maximum absolute atomic E-state index is 11.0. The van der Waals surface area contributed by atoms with Crippen LogP contribution >= 0.6 is 0 Å². The van der Waals surface area contributed by atoms with Crippen LogP contribution in [0.3, 0.4) is 0 Å². The Bertz CT molecular complexity index is 412. The zero-order valence-corrected chi connectivity index (χ0v) is 10.7. The van der Waals surface area contributed by atoms with Crippen LogP contribution in [0.4, 0.5) is 0 Å². The lowest BCUT2D eigenvalue weighted by molar-refractivity contribution is -0.0388. The SMILES string of the molecule is O=C(O)c1ccccc1OCCOC1CCOCC1. The van der Waals surface area contributed by atoms with Crippen LogP contribution in [0.25, 0.3) is 0 Å². The second kappa shape index (κ2) is 7.11. The van der Waals surface area contributed by atoms with Crippen LogP contribution in [0.2, 0.25) is 0 Å². The molecule has 2 rings (SSSR count). The Morgan fingerprint density at radius 2 is 2.00 bits per heavy atom. The van der Waals surface area contributed by atoms with E-state index in [2.05, 4.69) is 0 Å². The van der Waals surface area contributed by atoms with Crippen molar-refractivity contribution < 1.29 is 24.1 Å². The van der Waals surface area contributed by atoms with E-state index in [9.17, 15) is 4.79 Å². The third-order valence-electron chi connectivity index (χ3n) is 2.98. The van der Waals surface area contributed by atoms with Gasteiger partial charge in [-0.25, -0.2) is 4.79 Å². The van der Waals surface area contributed by atoms with Crippen molar-refractivity contribution in [2.24, 2.45) is 0 Å². The third kappa shape index (κ3) is 4.22. The standard InChI is InChI=1S/C14H18O5/c15-14(16)12-3-1-2-4-13(12)19-10-9-18-11-5-7-17-8-6-11/h1-4,11H,5-10H2,(H,15,16). The Morgan fingerprint density at radius 1 is 1.26 bits per heavy atom. The zero-order valence-electron chi connectivity index (χ0n) is 10.7. The lowest BCUT2D eigenvalue weighted by atomic mass is 10.2. The fraction of sp³-hybridized carbons (Fsp3) is 0.500. The highest BCUT2D eigenvalue weighted by Crippen LogP contribution is 2.17. The number of ether oxygens (including phenoxy) is 3. The highest BCUT2D eigenvalue weighted by atomic mass is 16.5. The summed E-state index contributed by atoms with van der Waals surface area (Å²) < 4.78 is 16.3. The number of rotatable bonds is 6. The molecule has 1 heterocycles. The molecule has 0 amide bonds. The van der Waals surface area contributed by atoms with Gasteiger partial charge in [0.25, 0.3) is 0 Å². The van der Waals surface area contributed by atoms with Crippen LogP contribution in [-0.2, 0) is 9.47 Å². The Labute approximate surface area is 112 Å². The molecule has 1 aromatic carbocycles. The average molecular weight is 266 g/mol. The molecule has 1 N–H and O–H groups in total. The van der Waals surface area contributed by atoms with Crippen LogP contribution in [-0.4, -0.2) is 43.6 Å². The van der Waals surface area contributed by atoms with Crippen molar-refractivity contribution in [3.8, 4) is 5.75 Å². The molecule has 1 saturated heterocycles. The number of hydrogen-bond acceptors (Lipinski definition) is 4. The second-order valence-corrected chi connectivity index (χ2v) is 4.33. The van der Waals surface area contributed by atoms with Gasteiger partial charge in [0.2, 0.25) is 0 Å². The molecule has 1 aliphatic heterocycles. The van der Waals surface area contributed by atoms with Gasteiger partial charge in [-0.2, -0.15) is 0 Å². The van der Waals surface area contributed by atoms with Gasteiger partial charge in [0.15, 0.2) is 0 Å². The molecular formula is C14H18O5. The maximum Gasteiger partial charge on any atom is 0.339 e. The molecule has 0 atom stereocenters. The van der Waals surface area contributed by atoms with Gasteiger partial charge in [-0.3, -0.25) is 0 Å². The minimum absolute atomic E-state index is 0.175. The summed E-state index contributed by atoms with van der Waals surface area (Å²) in [6.45, 7) is 2.29. The molecule has 0 radical (unpaired) electrons. The van der Waals surface area contributed by atoms with Crippen molar-refractivity contribution in [3.63, 3.8) is 0 Å². The fourth-order valence-electron chi connectivity index (χ4n) is 1.98. The molecule has 0 aliphatic carbocycles. The van der Waals surface area contributed by atoms with Gasteiger partial charge in [0.05, 0.1) is 12.7 Å². The van der Waals surface area contributed by atoms with Crippen LogP contribution in [0.1, 0.15) is 23.2 Å². The minimum atomic E-state index is -0.985. The molecule has 5 nitrogen and oxygen atoms in total. The van der Waals surface area contributed by atoms with Gasteiger partial charge in [0.1, 0.15) is 17.9 Å². The molecule has 1 aromatic rings. The number of benzene rings is 1. The van der Waals surface area contributed by atoms with Gasteiger partial charge in [0, 0.05) is 13.2 Å². The summed E-state index contributed by atoms with van der Waals surface area (Å²) in [5.74, 6) is -0.605. The van der Waals surface area contributed by atoms with E-state index in [0.29, 0.717) is 19.0 Å². The third-order valence-corrected chi connectivity index (χ3v) is 2.98. The predicted molar refractivity (Wildman–Crippen MR) is 68.7 cm³/mol. The molecule has 5 heteroatoms. The van der Waals surface area contributed by atoms with E-state index in [1.807, 2.05) is 0 Å². The van der Waals surface area contributed by atoms with E-state index in [-0.39, 0.29) is 11.7 Å². The number of carboxylic acids is 1. The first kappa shape index (κ1) is 13.8. The molecule has 1 aliphatic rings. The lowest BCUT2D eigenvalue weighted by Gasteiger charge is -2.22. The zero-order chi connectivity index (χ0) is 13.5. The van der Waals surface area contributed by atoms with E-state index >= 15 is 0 Å². The summed E-state index contributed by atoms with van der Waals surface area (Å²) >= 11 is 0. The molecule has 0 saturated carbocycles. The van der Waals surface area contributed by atoms with Crippen molar-refractivity contribution in [2.75, 3.05) is 26.4 Å². The number of carbonyl (C=O) groups is 1. The summed E-state index contributed by atoms with van der Waals surface area (Å²) in [4.78, 5) is 11.0. The van der Waals surface area contributed by atoms with Gasteiger partial charge < -0.3 is 19.3 Å². The fourth-order valence-corrected chi connectivity index (χ4v) is 1.98. The molecule has 19 heavy (non-hydrogen) atoms. The molecule has 1 fully saturated rings. The number of para-hydroxylation sites is 1. The van der Waals surface area contributed by atoms with Crippen LogP contribution in [0, 0.1) is 0 Å². The van der Waals surface area contributed by atoms with Crippen LogP contribution in [0.15, 0.2) is 24.3 Å². The summed E-state index contributed by atoms with van der Waals surface area (Å²) in [5, 5.41) is 9.00. The highest BCUT2D eigenvalue weighted by molar-refractivity contribution is 5.90. The normalized spacial score (nSPS) is 16.2. The summed E-state index contributed by atoms with van der Waals surface area (Å²) in [6, 6.07) is 6.60. The Kier molecular flexibility index (Phi) is 5.18. The van der Waals surface area contributed by atoms with Gasteiger partial charge in [-0.1, -0.05) is 12.1 Å². The Morgan fingerprint density at radius 3 is 2.74 bits per heavy atom. The number of aromatic carboxylic acids is 1. The van der Waals surface area contributed by atoms with Crippen molar-refractivity contribution in [3.05, 3.63) is 29.8 Å². The highest BCUT2D eigenvalue weighted by Gasteiger charge is 2.14. The van der Waals surface area contributed by atoms with E-state index in [0.717, 1.165) is 26.1 Å². The Hall–Kier alpha value is -1.59. The monoisotopic (exact) mass is 266 g/mol. The minimum Gasteiger partial charge on any atom is -0.490 e. The maximum atomic E-state index is 11.0. The summed E-state index contributed by atoms with van der Waals surface area (Å²) in [6.07, 6.45) is 2.05. The van der Waals surface area contributed by atoms with E-state index < -0.39 is 5.97 Å². The summed E-state index contributed by atoms with van der Waals surface area (Å²) in [7, 11) is 0. The average Bonchev–Trinajstić information content (AvgIpc) is 2.45. The largest absolute Gasteiger partial charge is 0.490 e. The van der Waals surface area contributed by atoms with Gasteiger partial charge in [-0.05, 0) is 25.0 Å². The van der Waals surface area contributed by atoms with Crippen LogP contribution in [0.5, 0.6) is 5.75 Å². The first-order valence-corrected chi connectivity index (χ1v) is 6.42. The van der Waals surface area contributed by atoms with E-state index in [4.69, 9.17) is 19.3 Å². The Balaban J connectivity index is 1.74. The molecule has 0 spiro atoms. The van der Waals surface area contributed by atoms with Crippen molar-refractivity contribution in [1.29, 1.82) is 0 Å². The second-order valence-electron chi connectivity index (χ2n) is 4.33. The topological polar surface area (TPSA) is 65.0 Å². The van der Waals surface area contributed by atoms with E-state index in [1.165, 1.54) is 6.07 Å². The molecule has 104 valence electrons. The predicted octanol–water partition coefficient (Wildman–Crippen LogP) is 1.96. The summed E-state index contributed by atoms with van der Waals surface area (Å²) in [5.41, 5.74) is 0.175. The number of hydrogen-bond donors (Lipinski definition) is 1. The van der Waals surface area contributed by atoms with E-state index in [1.54, 1.807) is 18.2 Å². The molecule has 0 aromatic heterocycles. The van der Waals surface area contributed by atoms with Gasteiger partial charge in [-0.15, -0.1) is 0 Å². The van der Waals surface area contributed by atoms with Crippen molar-refractivity contribution in [1.82, 2.24) is 0 Å².